The predicted molar refractivity (Wildman–Crippen MR) is 377 cm³/mol. The fourth-order valence-corrected chi connectivity index (χ4v) is 15.4. The van der Waals surface area contributed by atoms with Crippen LogP contribution in [0.25, 0.3) is 0 Å². The van der Waals surface area contributed by atoms with Crippen LogP contribution in [0.15, 0.2) is 0 Å². The zero-order valence-corrected chi connectivity index (χ0v) is 65.9. The molecule has 0 aromatic carbocycles. The van der Waals surface area contributed by atoms with Gasteiger partial charge >= 0.3 is 0 Å². The highest BCUT2D eigenvalue weighted by molar-refractivity contribution is 5.74. The van der Waals surface area contributed by atoms with Crippen molar-refractivity contribution in [2.75, 3.05) is 66.1 Å². The van der Waals surface area contributed by atoms with Gasteiger partial charge in [-0.25, -0.2) is 0 Å². The highest BCUT2D eigenvalue weighted by Crippen LogP contribution is 2.40. The van der Waals surface area contributed by atoms with E-state index in [0.717, 1.165) is 27.7 Å². The summed E-state index contributed by atoms with van der Waals surface area (Å²) in [6, 6.07) is -7.76. The molecule has 0 saturated carbocycles. The molecule has 122 heavy (non-hydrogen) atoms. The predicted octanol–water partition coefficient (Wildman–Crippen LogP) is -21.6. The van der Waals surface area contributed by atoms with Crippen LogP contribution >= 0.6 is 0 Å². The average Bonchev–Trinajstić information content (AvgIpc) is 0.768. The van der Waals surface area contributed by atoms with Gasteiger partial charge in [-0.1, -0.05) is 0 Å². The first-order valence-electron chi connectivity index (χ1n) is 38.9. The largest absolute Gasteiger partial charge is 0.394 e. The second-order valence-corrected chi connectivity index (χ2v) is 30.8. The Bertz CT molecular complexity index is 3230. The van der Waals surface area contributed by atoms with Crippen molar-refractivity contribution in [3.05, 3.63) is 0 Å². The normalized spacial score (nSPS) is 47.0. The van der Waals surface area contributed by atoms with Gasteiger partial charge in [-0.15, -0.1) is 0 Å². The molecule has 49 atom stereocenters. The molecule has 9 aliphatic heterocycles. The highest BCUT2D eigenvalue weighted by Gasteiger charge is 2.61. The molecule has 0 aromatic heterocycles. The second-order valence-electron chi connectivity index (χ2n) is 30.8. The minimum absolute atomic E-state index is 0.871. The number of ether oxygens (including phenoxy) is 18. The lowest BCUT2D eigenvalue weighted by molar-refractivity contribution is -0.398. The van der Waals surface area contributed by atoms with Crippen LogP contribution in [0.5, 0.6) is 0 Å². The Morgan fingerprint density at radius 1 is 0.303 bits per heavy atom. The Balaban J connectivity index is 1.07. The zero-order valence-electron chi connectivity index (χ0n) is 65.9. The van der Waals surface area contributed by atoms with Crippen molar-refractivity contribution < 1.29 is 247 Å². The van der Waals surface area contributed by atoms with E-state index >= 15 is 0 Å². The molecule has 4 amide bonds. The van der Waals surface area contributed by atoms with Crippen LogP contribution in [0.4, 0.5) is 0 Å². The lowest BCUT2D eigenvalue weighted by Crippen LogP contribution is -2.70. The van der Waals surface area contributed by atoms with Crippen molar-refractivity contribution in [1.82, 2.24) is 21.3 Å². The zero-order chi connectivity index (χ0) is 90.2. The molecule has 0 aliphatic carbocycles. The maximum absolute atomic E-state index is 13.2. The van der Waals surface area contributed by atoms with E-state index in [2.05, 4.69) is 21.3 Å². The lowest BCUT2D eigenvalue weighted by atomic mass is 9.94. The number of nitrogens with one attached hydrogen (secondary N) is 4. The van der Waals surface area contributed by atoms with Gasteiger partial charge in [0.05, 0.1) is 78.2 Å². The van der Waals surface area contributed by atoms with E-state index in [0.29, 0.717) is 0 Å². The third-order valence-corrected chi connectivity index (χ3v) is 22.1. The molecule has 0 spiro atoms. The van der Waals surface area contributed by atoms with Gasteiger partial charge in [-0.3, -0.25) is 19.2 Å². The van der Waals surface area contributed by atoms with Crippen LogP contribution in [0, 0.1) is 0 Å². The third kappa shape index (κ3) is 23.1. The number of rotatable bonds is 35. The molecule has 0 bridgehead atoms. The van der Waals surface area contributed by atoms with Crippen molar-refractivity contribution in [3.8, 4) is 0 Å². The first-order chi connectivity index (χ1) is 57.6. The number of hydrogen-bond donors (Lipinski definition) is 32. The SMILES string of the molecule is CC(=O)N[C@@H](CO)[C@@H](O)[C@H](OC1O[C@H](CO)[C@@H](OC2O[C@H](COC3O[C@H](CO)[C@@H](O)[C@H](O)[C@@H]3OC3O[C@H](CO)[C@@H](OC4O[C@H](CO)[C@H](O)[C@H](O)[C@H]4O)[C@H](O)[C@H]3NC(C)=O)[C@@H](O)[C@H](OC3O[C@H](CO)[C@@H](O)[C@H](O)[C@@H]3OC3O[C@H](CO)[C@@H](OC4O[C@H](CO)[C@H](O)[C@H](O)[C@H]4O)[C@H](O)[C@H]3NC(C)=O)[C@@H]2O)[C@H](O)[C@H]1NC(C)=O)[C@H](O)COC1O[C@@H](C)[C@@H](O)[C@@H](O)[C@@H]1O. The first-order valence-corrected chi connectivity index (χ1v) is 38.9. The van der Waals surface area contributed by atoms with Crippen molar-refractivity contribution in [1.29, 1.82) is 0 Å². The molecular formula is C68H116N4O50. The van der Waals surface area contributed by atoms with Gasteiger partial charge < -0.3 is 250 Å². The first kappa shape index (κ1) is 102. The molecular weight excluding hydrogens is 1670 g/mol. The number of amides is 4. The second kappa shape index (κ2) is 45.0. The van der Waals surface area contributed by atoms with Gasteiger partial charge in [0, 0.05) is 27.7 Å². The summed E-state index contributed by atoms with van der Waals surface area (Å²) in [6.07, 6.45) is -94.8. The third-order valence-electron chi connectivity index (χ3n) is 22.1. The molecule has 9 unspecified atom stereocenters. The molecule has 9 fully saturated rings. The Labute approximate surface area is 691 Å². The number of hydrogen-bond acceptors (Lipinski definition) is 50. The number of carbonyl (C=O) groups excluding carboxylic acids is 4. The van der Waals surface area contributed by atoms with E-state index < -0.39 is 390 Å². The summed E-state index contributed by atoms with van der Waals surface area (Å²) in [5.41, 5.74) is 0. The van der Waals surface area contributed by atoms with E-state index in [4.69, 9.17) is 85.3 Å². The topological polar surface area (TPSA) is 849 Å². The quantitative estimate of drug-likeness (QED) is 0.0280. The number of carbonyl (C=O) groups is 4. The summed E-state index contributed by atoms with van der Waals surface area (Å²) in [5, 5.41) is 321. The van der Waals surface area contributed by atoms with Crippen LogP contribution in [0.3, 0.4) is 0 Å². The average molecular weight is 1790 g/mol. The van der Waals surface area contributed by atoms with Crippen LogP contribution in [0.2, 0.25) is 0 Å². The minimum Gasteiger partial charge on any atom is -0.394 e. The fourth-order valence-electron chi connectivity index (χ4n) is 15.4. The van der Waals surface area contributed by atoms with Gasteiger partial charge in [0.1, 0.15) is 232 Å². The summed E-state index contributed by atoms with van der Waals surface area (Å²) in [5.74, 6) is -3.84. The van der Waals surface area contributed by atoms with Crippen molar-refractivity contribution in [3.63, 3.8) is 0 Å². The van der Waals surface area contributed by atoms with E-state index in [-0.39, 0.29) is 0 Å². The molecule has 32 N–H and O–H groups in total. The summed E-state index contributed by atoms with van der Waals surface area (Å²) < 4.78 is 106. The van der Waals surface area contributed by atoms with Gasteiger partial charge in [0.15, 0.2) is 56.6 Å². The van der Waals surface area contributed by atoms with Gasteiger partial charge in [-0.05, 0) is 6.92 Å². The van der Waals surface area contributed by atoms with Gasteiger partial charge in [-0.2, -0.15) is 0 Å². The molecule has 9 heterocycles. The minimum atomic E-state index is -2.65. The fraction of sp³-hybridized carbons (Fsp3) is 0.941. The molecule has 708 valence electrons. The van der Waals surface area contributed by atoms with Crippen molar-refractivity contribution >= 4 is 23.6 Å². The molecule has 9 saturated heterocycles. The standard InChI is InChI=1S/C68H116N4O50/c1-16-34(86)44(96)49(101)63(107-16)105-14-22(85)53(35(87)21(6-73)69-17(2)81)116-60-31(70-18(3)82)41(93)56(29(13-80)112-60)119-66-52(104)57(120-68-59(48(100)39(91)26(10-77)111-68)122-62-33(72-20(5)84)43(95)55(28(12-79)114-62)118-65-51(103)46(98)37(89)24(8-75)109-65)40(92)30(115-66)15-106-67-58(47(99)38(90)25(9-76)110-67)121-61-32(71-19(4)83)42(94)54(27(11-78)113-61)117-64-50(102)45(97)36(88)23(7-74)108-64/h16,21-68,73-80,85-104H,6-15H2,1-5H3,(H,69,81)(H,70,82)(H,71,83)(H,72,84)/t16-,21-,22+,23+,24+,25+,26+,27+,28+,29+,30+,31+,32+,33+,34+,35+,36-,37-,38+,39+,40+,41+,42+,43+,44+,45-,46-,47-,48-,49-,50+,51+,52-,53+,54+,55+,56+,57-,58-,59-,60?,61?,62?,63?,64?,65?,66?,67?,68?/m0/s1. The van der Waals surface area contributed by atoms with Gasteiger partial charge in [0.25, 0.3) is 0 Å². The molecule has 9 rings (SSSR count). The molecule has 54 nitrogen and oxygen atoms in total. The van der Waals surface area contributed by atoms with Crippen molar-refractivity contribution in [2.24, 2.45) is 0 Å². The van der Waals surface area contributed by atoms with Crippen LogP contribution < -0.4 is 21.3 Å². The van der Waals surface area contributed by atoms with E-state index in [1.165, 1.54) is 6.92 Å². The van der Waals surface area contributed by atoms with E-state index in [1.54, 1.807) is 0 Å². The smallest absolute Gasteiger partial charge is 0.217 e. The summed E-state index contributed by atoms with van der Waals surface area (Å²) in [6.45, 7) is -6.33. The summed E-state index contributed by atoms with van der Waals surface area (Å²) >= 11 is 0. The highest BCUT2D eigenvalue weighted by atomic mass is 16.8. The Morgan fingerprint density at radius 2 is 0.631 bits per heavy atom. The Kier molecular flexibility index (Phi) is 37.6. The molecule has 0 radical (unpaired) electrons. The Hall–Kier alpha value is -3.96. The monoisotopic (exact) mass is 1790 g/mol. The van der Waals surface area contributed by atoms with E-state index in [9.17, 15) is 162 Å². The number of aliphatic hydroxyl groups excluding tert-OH is 28. The number of aliphatic hydroxyl groups is 28. The van der Waals surface area contributed by atoms with Crippen LogP contribution in [-0.2, 0) is 104 Å². The Morgan fingerprint density at radius 3 is 1.03 bits per heavy atom. The molecule has 54 heteroatoms. The summed E-state index contributed by atoms with van der Waals surface area (Å²) in [7, 11) is 0. The maximum Gasteiger partial charge on any atom is 0.217 e. The van der Waals surface area contributed by atoms with Crippen LogP contribution in [0.1, 0.15) is 34.6 Å². The van der Waals surface area contributed by atoms with Gasteiger partial charge in [0.2, 0.25) is 23.6 Å². The van der Waals surface area contributed by atoms with E-state index in [1.807, 2.05) is 0 Å². The lowest BCUT2D eigenvalue weighted by Gasteiger charge is -2.51. The molecule has 0 aromatic rings. The summed E-state index contributed by atoms with van der Waals surface area (Å²) in [4.78, 5) is 51.5. The van der Waals surface area contributed by atoms with Crippen LogP contribution in [-0.4, -0.2) is 533 Å². The molecule has 9 aliphatic rings. The van der Waals surface area contributed by atoms with Crippen molar-refractivity contribution in [2.45, 2.75) is 335 Å². The maximum atomic E-state index is 13.2.